The molecule has 0 N–H and O–H groups in total. The van der Waals surface area contributed by atoms with Gasteiger partial charge in [0.1, 0.15) is 21.7 Å². The zero-order valence-corrected chi connectivity index (χ0v) is 18.5. The Balaban J connectivity index is 1.80. The van der Waals surface area contributed by atoms with E-state index in [9.17, 15) is 4.79 Å². The molecule has 1 aliphatic rings. The highest BCUT2D eigenvalue weighted by molar-refractivity contribution is 7.22. The zero-order valence-electron chi connectivity index (χ0n) is 17.7. The van der Waals surface area contributed by atoms with Crippen molar-refractivity contribution in [3.8, 4) is 11.5 Å². The third kappa shape index (κ3) is 4.00. The van der Waals surface area contributed by atoms with Gasteiger partial charge in [0.05, 0.1) is 26.9 Å². The quantitative estimate of drug-likeness (QED) is 0.569. The molecule has 0 bridgehead atoms. The van der Waals surface area contributed by atoms with Crippen molar-refractivity contribution in [1.29, 1.82) is 0 Å². The number of methoxy groups -OCH3 is 2. The number of nitrogens with zero attached hydrogens (tertiary/aromatic N) is 2. The molecule has 0 spiro atoms. The molecule has 1 aliphatic heterocycles. The fourth-order valence-corrected chi connectivity index (χ4v) is 4.97. The van der Waals surface area contributed by atoms with Crippen LogP contribution in [0.1, 0.15) is 34.3 Å². The first-order valence-electron chi connectivity index (χ1n) is 10.0. The Morgan fingerprint density at radius 3 is 2.50 bits per heavy atom. The predicted octanol–water partition coefficient (Wildman–Crippen LogP) is 4.76. The van der Waals surface area contributed by atoms with Crippen LogP contribution in [0.25, 0.3) is 10.2 Å². The molecule has 3 aromatic rings. The van der Waals surface area contributed by atoms with Gasteiger partial charge in [-0.2, -0.15) is 0 Å². The summed E-state index contributed by atoms with van der Waals surface area (Å²) in [5.74, 6) is 1.30. The van der Waals surface area contributed by atoms with Crippen LogP contribution in [0.5, 0.6) is 11.5 Å². The number of amides is 1. The molecule has 1 atom stereocenters. The van der Waals surface area contributed by atoms with Gasteiger partial charge in [0.15, 0.2) is 5.13 Å². The van der Waals surface area contributed by atoms with Gasteiger partial charge >= 0.3 is 0 Å². The topological polar surface area (TPSA) is 60.9 Å². The van der Waals surface area contributed by atoms with E-state index in [0.717, 1.165) is 35.3 Å². The van der Waals surface area contributed by atoms with E-state index in [1.807, 2.05) is 38.1 Å². The Morgan fingerprint density at radius 2 is 1.87 bits per heavy atom. The fraction of sp³-hybridized carbons (Fsp3) is 0.391. The molecule has 2 aromatic carbocycles. The minimum Gasteiger partial charge on any atom is -0.495 e. The Kier molecular flexibility index (Phi) is 5.92. The lowest BCUT2D eigenvalue weighted by Crippen LogP contribution is -2.37. The molecule has 1 fully saturated rings. The molecule has 1 saturated heterocycles. The fourth-order valence-electron chi connectivity index (χ4n) is 3.88. The van der Waals surface area contributed by atoms with E-state index in [1.165, 1.54) is 11.3 Å². The molecular weight excluding hydrogens is 400 g/mol. The third-order valence-corrected chi connectivity index (χ3v) is 6.35. The highest BCUT2D eigenvalue weighted by atomic mass is 32.1. The van der Waals surface area contributed by atoms with Crippen molar-refractivity contribution >= 4 is 32.6 Å². The van der Waals surface area contributed by atoms with Crippen molar-refractivity contribution in [2.24, 2.45) is 0 Å². The number of benzene rings is 2. The van der Waals surface area contributed by atoms with Crippen molar-refractivity contribution in [1.82, 2.24) is 4.98 Å². The molecule has 1 unspecified atom stereocenters. The van der Waals surface area contributed by atoms with Gasteiger partial charge in [0.2, 0.25) is 0 Å². The Hall–Kier alpha value is -2.64. The molecule has 1 aromatic heterocycles. The Morgan fingerprint density at radius 1 is 1.17 bits per heavy atom. The molecule has 158 valence electrons. The maximum Gasteiger partial charge on any atom is 0.260 e. The molecular formula is C23H26N2O4S. The number of hydrogen-bond donors (Lipinski definition) is 0. The highest BCUT2D eigenvalue weighted by Crippen LogP contribution is 2.40. The normalized spacial score (nSPS) is 16.1. The predicted molar refractivity (Wildman–Crippen MR) is 119 cm³/mol. The van der Waals surface area contributed by atoms with E-state index in [4.69, 9.17) is 19.2 Å². The average Bonchev–Trinajstić information content (AvgIpc) is 3.39. The van der Waals surface area contributed by atoms with Crippen LogP contribution in [0.2, 0.25) is 0 Å². The highest BCUT2D eigenvalue weighted by Gasteiger charge is 2.28. The number of aryl methyl sites for hydroxylation is 2. The van der Waals surface area contributed by atoms with Gasteiger partial charge in [-0.25, -0.2) is 4.98 Å². The Bertz CT molecular complexity index is 1010. The number of aromatic nitrogens is 1. The molecule has 2 heterocycles. The van der Waals surface area contributed by atoms with Gasteiger partial charge in [0.25, 0.3) is 5.91 Å². The number of carbonyl (C=O) groups is 1. The molecule has 0 radical (unpaired) electrons. The standard InChI is InChI=1S/C23H26N2O4S/c1-14-10-15(2)12-16(11-14)22(26)25(13-17-6-5-9-29-17)23-24-20-18(27-3)7-8-19(28-4)21(20)30-23/h7-8,10-12,17H,5-6,9,13H2,1-4H3. The van der Waals surface area contributed by atoms with E-state index in [-0.39, 0.29) is 12.0 Å². The first-order valence-corrected chi connectivity index (χ1v) is 10.8. The molecule has 0 aliphatic carbocycles. The summed E-state index contributed by atoms with van der Waals surface area (Å²) < 4.78 is 17.7. The van der Waals surface area contributed by atoms with Gasteiger partial charge in [-0.15, -0.1) is 0 Å². The smallest absolute Gasteiger partial charge is 0.260 e. The van der Waals surface area contributed by atoms with E-state index in [1.54, 1.807) is 19.1 Å². The van der Waals surface area contributed by atoms with Crippen LogP contribution in [0, 0.1) is 13.8 Å². The van der Waals surface area contributed by atoms with Gasteiger partial charge in [0, 0.05) is 12.2 Å². The number of fused-ring (bicyclic) bond motifs is 1. The van der Waals surface area contributed by atoms with E-state index in [0.29, 0.717) is 34.3 Å². The van der Waals surface area contributed by atoms with E-state index < -0.39 is 0 Å². The number of ether oxygens (including phenoxy) is 3. The van der Waals surface area contributed by atoms with Crippen LogP contribution in [0.3, 0.4) is 0 Å². The lowest BCUT2D eigenvalue weighted by atomic mass is 10.1. The number of carbonyl (C=O) groups excluding carboxylic acids is 1. The minimum atomic E-state index is -0.0747. The maximum absolute atomic E-state index is 13.6. The van der Waals surface area contributed by atoms with Gasteiger partial charge in [-0.3, -0.25) is 9.69 Å². The summed E-state index contributed by atoms with van der Waals surface area (Å²) in [6.07, 6.45) is 1.96. The van der Waals surface area contributed by atoms with E-state index >= 15 is 0 Å². The monoisotopic (exact) mass is 426 g/mol. The second kappa shape index (κ2) is 8.62. The van der Waals surface area contributed by atoms with Crippen LogP contribution in [-0.4, -0.2) is 44.4 Å². The number of rotatable bonds is 6. The van der Waals surface area contributed by atoms with Crippen molar-refractivity contribution in [3.63, 3.8) is 0 Å². The molecule has 4 rings (SSSR count). The number of hydrogen-bond acceptors (Lipinski definition) is 6. The van der Waals surface area contributed by atoms with Gasteiger partial charge in [-0.1, -0.05) is 28.5 Å². The zero-order chi connectivity index (χ0) is 21.3. The molecule has 1 amide bonds. The van der Waals surface area contributed by atoms with Crippen LogP contribution in [0.4, 0.5) is 5.13 Å². The molecule has 0 saturated carbocycles. The summed E-state index contributed by atoms with van der Waals surface area (Å²) in [6.45, 7) is 5.21. The largest absolute Gasteiger partial charge is 0.495 e. The van der Waals surface area contributed by atoms with Gasteiger partial charge in [-0.05, 0) is 51.0 Å². The second-order valence-corrected chi connectivity index (χ2v) is 8.55. The first-order chi connectivity index (χ1) is 14.5. The van der Waals surface area contributed by atoms with Crippen molar-refractivity contribution in [3.05, 3.63) is 47.0 Å². The second-order valence-electron chi connectivity index (χ2n) is 7.57. The summed E-state index contributed by atoms with van der Waals surface area (Å²) in [7, 11) is 3.25. The van der Waals surface area contributed by atoms with Crippen LogP contribution in [-0.2, 0) is 4.74 Å². The lowest BCUT2D eigenvalue weighted by molar-refractivity contribution is 0.0917. The van der Waals surface area contributed by atoms with Crippen LogP contribution >= 0.6 is 11.3 Å². The maximum atomic E-state index is 13.6. The summed E-state index contributed by atoms with van der Waals surface area (Å²) in [4.78, 5) is 20.1. The number of anilines is 1. The SMILES string of the molecule is COc1ccc(OC)c2sc(N(CC3CCCO3)C(=O)c3cc(C)cc(C)c3)nc12. The first kappa shape index (κ1) is 20.6. The third-order valence-electron chi connectivity index (χ3n) is 5.25. The summed E-state index contributed by atoms with van der Waals surface area (Å²) in [5, 5.41) is 0.618. The lowest BCUT2D eigenvalue weighted by Gasteiger charge is -2.23. The number of thiazole rings is 1. The summed E-state index contributed by atoms with van der Waals surface area (Å²) in [5.41, 5.74) is 3.47. The van der Waals surface area contributed by atoms with Crippen LogP contribution in [0.15, 0.2) is 30.3 Å². The van der Waals surface area contributed by atoms with Crippen molar-refractivity contribution < 1.29 is 19.0 Å². The van der Waals surface area contributed by atoms with E-state index in [2.05, 4.69) is 6.07 Å². The summed E-state index contributed by atoms with van der Waals surface area (Å²) >= 11 is 1.43. The average molecular weight is 427 g/mol. The van der Waals surface area contributed by atoms with Crippen molar-refractivity contribution in [2.75, 3.05) is 32.3 Å². The van der Waals surface area contributed by atoms with Gasteiger partial charge < -0.3 is 14.2 Å². The molecule has 30 heavy (non-hydrogen) atoms. The molecule has 6 nitrogen and oxygen atoms in total. The summed E-state index contributed by atoms with van der Waals surface area (Å²) in [6, 6.07) is 9.60. The van der Waals surface area contributed by atoms with Crippen molar-refractivity contribution in [2.45, 2.75) is 32.8 Å². The minimum absolute atomic E-state index is 0.00987. The van der Waals surface area contributed by atoms with Crippen LogP contribution < -0.4 is 14.4 Å². The Labute approximate surface area is 180 Å². The molecule has 7 heteroatoms.